The molecule has 1 aromatic carbocycles. The first kappa shape index (κ1) is 16.9. The van der Waals surface area contributed by atoms with Crippen LogP contribution < -0.4 is 5.32 Å². The highest BCUT2D eigenvalue weighted by molar-refractivity contribution is 6.30. The number of carbonyl (C=O) groups excluding carboxylic acids is 1. The van der Waals surface area contributed by atoms with Crippen LogP contribution in [-0.2, 0) is 0 Å². The SMILES string of the molecule is Cc1cccnc1C(=O)NCC(c1cccc(Cl)c1)N1CCCC1. The Kier molecular flexibility index (Phi) is 5.48. The normalized spacial score (nSPS) is 16.1. The van der Waals surface area contributed by atoms with Crippen LogP contribution in [0.4, 0.5) is 0 Å². The molecule has 1 aromatic heterocycles. The van der Waals surface area contributed by atoms with Crippen molar-refractivity contribution in [1.82, 2.24) is 15.2 Å². The summed E-state index contributed by atoms with van der Waals surface area (Å²) in [6.45, 7) is 4.55. The fraction of sp³-hybridized carbons (Fsp3) is 0.368. The molecular weight excluding hydrogens is 322 g/mol. The number of hydrogen-bond donors (Lipinski definition) is 1. The second kappa shape index (κ2) is 7.77. The molecule has 2 aromatic rings. The van der Waals surface area contributed by atoms with Crippen LogP contribution in [0.3, 0.4) is 0 Å². The number of rotatable bonds is 5. The van der Waals surface area contributed by atoms with Gasteiger partial charge < -0.3 is 5.32 Å². The van der Waals surface area contributed by atoms with Gasteiger partial charge in [-0.3, -0.25) is 14.7 Å². The summed E-state index contributed by atoms with van der Waals surface area (Å²) in [6, 6.07) is 11.8. The second-order valence-corrected chi connectivity index (χ2v) is 6.63. The number of likely N-dealkylation sites (tertiary alicyclic amines) is 1. The summed E-state index contributed by atoms with van der Waals surface area (Å²) in [4.78, 5) is 19.1. The van der Waals surface area contributed by atoms with Crippen LogP contribution in [0.25, 0.3) is 0 Å². The van der Waals surface area contributed by atoms with Gasteiger partial charge in [0.1, 0.15) is 5.69 Å². The van der Waals surface area contributed by atoms with Gasteiger partial charge >= 0.3 is 0 Å². The van der Waals surface area contributed by atoms with E-state index in [0.717, 1.165) is 29.2 Å². The Morgan fingerprint density at radius 1 is 1.29 bits per heavy atom. The summed E-state index contributed by atoms with van der Waals surface area (Å²) >= 11 is 6.16. The lowest BCUT2D eigenvalue weighted by molar-refractivity contribution is 0.0932. The van der Waals surface area contributed by atoms with E-state index >= 15 is 0 Å². The molecule has 126 valence electrons. The van der Waals surface area contributed by atoms with Crippen LogP contribution in [0, 0.1) is 6.92 Å². The Bertz CT molecular complexity index is 713. The summed E-state index contributed by atoms with van der Waals surface area (Å²) in [7, 11) is 0. The number of carbonyl (C=O) groups is 1. The number of hydrogen-bond acceptors (Lipinski definition) is 3. The molecule has 0 saturated carbocycles. The van der Waals surface area contributed by atoms with Crippen LogP contribution in [0.15, 0.2) is 42.6 Å². The largest absolute Gasteiger partial charge is 0.349 e. The molecule has 0 aliphatic carbocycles. The molecule has 1 fully saturated rings. The number of amides is 1. The van der Waals surface area contributed by atoms with Crippen LogP contribution in [0.5, 0.6) is 0 Å². The van der Waals surface area contributed by atoms with E-state index in [1.807, 2.05) is 37.3 Å². The van der Waals surface area contributed by atoms with Crippen molar-refractivity contribution >= 4 is 17.5 Å². The van der Waals surface area contributed by atoms with Crippen molar-refractivity contribution in [3.8, 4) is 0 Å². The van der Waals surface area contributed by atoms with E-state index in [-0.39, 0.29) is 11.9 Å². The van der Waals surface area contributed by atoms with Crippen molar-refractivity contribution < 1.29 is 4.79 Å². The first-order valence-electron chi connectivity index (χ1n) is 8.34. The van der Waals surface area contributed by atoms with Gasteiger partial charge in [0, 0.05) is 17.8 Å². The molecule has 5 heteroatoms. The van der Waals surface area contributed by atoms with Gasteiger partial charge in [-0.05, 0) is 62.2 Å². The molecule has 3 rings (SSSR count). The van der Waals surface area contributed by atoms with Gasteiger partial charge in [-0.15, -0.1) is 0 Å². The van der Waals surface area contributed by atoms with Gasteiger partial charge in [-0.2, -0.15) is 0 Å². The molecule has 1 N–H and O–H groups in total. The molecular formula is C19H22ClN3O. The van der Waals surface area contributed by atoms with Crippen LogP contribution >= 0.6 is 11.6 Å². The number of aromatic nitrogens is 1. The Morgan fingerprint density at radius 3 is 2.79 bits per heavy atom. The third-order valence-corrected chi connectivity index (χ3v) is 4.73. The summed E-state index contributed by atoms with van der Waals surface area (Å²) in [5.41, 5.74) is 2.52. The first-order valence-corrected chi connectivity index (χ1v) is 8.72. The van der Waals surface area contributed by atoms with Gasteiger partial charge in [0.25, 0.3) is 5.91 Å². The topological polar surface area (TPSA) is 45.2 Å². The predicted molar refractivity (Wildman–Crippen MR) is 96.3 cm³/mol. The highest BCUT2D eigenvalue weighted by Crippen LogP contribution is 2.26. The van der Waals surface area contributed by atoms with Gasteiger partial charge in [0.15, 0.2) is 0 Å². The van der Waals surface area contributed by atoms with E-state index in [1.165, 1.54) is 12.8 Å². The molecule has 1 aliphatic heterocycles. The molecule has 0 spiro atoms. The van der Waals surface area contributed by atoms with Crippen LogP contribution in [-0.4, -0.2) is 35.4 Å². The number of halogens is 1. The van der Waals surface area contributed by atoms with Crippen molar-refractivity contribution in [1.29, 1.82) is 0 Å². The van der Waals surface area contributed by atoms with Crippen molar-refractivity contribution in [2.75, 3.05) is 19.6 Å². The summed E-state index contributed by atoms with van der Waals surface area (Å²) in [6.07, 6.45) is 4.05. The molecule has 4 nitrogen and oxygen atoms in total. The Hall–Kier alpha value is -1.91. The van der Waals surface area contributed by atoms with Gasteiger partial charge in [0.05, 0.1) is 6.04 Å². The Labute approximate surface area is 147 Å². The van der Waals surface area contributed by atoms with E-state index in [2.05, 4.69) is 21.3 Å². The quantitative estimate of drug-likeness (QED) is 0.902. The third kappa shape index (κ3) is 3.94. The molecule has 2 heterocycles. The molecule has 1 aliphatic rings. The second-order valence-electron chi connectivity index (χ2n) is 6.19. The Balaban J connectivity index is 1.75. The minimum absolute atomic E-state index is 0.126. The fourth-order valence-electron chi connectivity index (χ4n) is 3.22. The monoisotopic (exact) mass is 343 g/mol. The van der Waals surface area contributed by atoms with Gasteiger partial charge in [-0.1, -0.05) is 29.8 Å². The standard InChI is InChI=1S/C19H22ClN3O/c1-14-6-5-9-21-18(14)19(24)22-13-17(23-10-2-3-11-23)15-7-4-8-16(20)12-15/h4-9,12,17H,2-3,10-11,13H2,1H3,(H,22,24). The summed E-state index contributed by atoms with van der Waals surface area (Å²) in [5.74, 6) is -0.126. The summed E-state index contributed by atoms with van der Waals surface area (Å²) in [5, 5.41) is 3.77. The number of nitrogens with one attached hydrogen (secondary N) is 1. The zero-order valence-corrected chi connectivity index (χ0v) is 14.6. The minimum Gasteiger partial charge on any atom is -0.349 e. The van der Waals surface area contributed by atoms with E-state index in [9.17, 15) is 4.79 Å². The number of pyridine rings is 1. The number of benzene rings is 1. The maximum Gasteiger partial charge on any atom is 0.270 e. The summed E-state index contributed by atoms with van der Waals surface area (Å²) < 4.78 is 0. The zero-order valence-electron chi connectivity index (χ0n) is 13.8. The fourth-order valence-corrected chi connectivity index (χ4v) is 3.42. The predicted octanol–water partition coefficient (Wildman–Crippen LogP) is 3.61. The minimum atomic E-state index is -0.126. The van der Waals surface area contributed by atoms with E-state index in [1.54, 1.807) is 6.20 Å². The third-order valence-electron chi connectivity index (χ3n) is 4.50. The van der Waals surface area contributed by atoms with Crippen LogP contribution in [0.2, 0.25) is 5.02 Å². The smallest absolute Gasteiger partial charge is 0.270 e. The lowest BCUT2D eigenvalue weighted by Crippen LogP contribution is -2.37. The zero-order chi connectivity index (χ0) is 16.9. The van der Waals surface area contributed by atoms with E-state index < -0.39 is 0 Å². The molecule has 1 unspecified atom stereocenters. The van der Waals surface area contributed by atoms with Crippen molar-refractivity contribution in [3.05, 3.63) is 64.4 Å². The van der Waals surface area contributed by atoms with Gasteiger partial charge in [-0.25, -0.2) is 0 Å². The first-order chi connectivity index (χ1) is 11.6. The molecule has 0 radical (unpaired) electrons. The average molecular weight is 344 g/mol. The lowest BCUT2D eigenvalue weighted by Gasteiger charge is -2.28. The van der Waals surface area contributed by atoms with E-state index in [0.29, 0.717) is 12.2 Å². The molecule has 24 heavy (non-hydrogen) atoms. The molecule has 1 amide bonds. The highest BCUT2D eigenvalue weighted by Gasteiger charge is 2.24. The van der Waals surface area contributed by atoms with Crippen molar-refractivity contribution in [3.63, 3.8) is 0 Å². The maximum atomic E-state index is 12.5. The van der Waals surface area contributed by atoms with Crippen molar-refractivity contribution in [2.45, 2.75) is 25.8 Å². The van der Waals surface area contributed by atoms with Gasteiger partial charge in [0.2, 0.25) is 0 Å². The number of nitrogens with zero attached hydrogens (tertiary/aromatic N) is 2. The maximum absolute atomic E-state index is 12.5. The Morgan fingerprint density at radius 2 is 2.08 bits per heavy atom. The number of aryl methyl sites for hydroxylation is 1. The highest BCUT2D eigenvalue weighted by atomic mass is 35.5. The lowest BCUT2D eigenvalue weighted by atomic mass is 10.1. The molecule has 1 saturated heterocycles. The van der Waals surface area contributed by atoms with Crippen molar-refractivity contribution in [2.24, 2.45) is 0 Å². The molecule has 0 bridgehead atoms. The van der Waals surface area contributed by atoms with Crippen LogP contribution in [0.1, 0.15) is 40.5 Å². The van der Waals surface area contributed by atoms with E-state index in [4.69, 9.17) is 11.6 Å². The average Bonchev–Trinajstić information content (AvgIpc) is 3.10. The molecule has 1 atom stereocenters.